The van der Waals surface area contributed by atoms with Gasteiger partial charge < -0.3 is 78.5 Å². The molecule has 0 spiro atoms. The van der Waals surface area contributed by atoms with Crippen LogP contribution < -0.4 is 67.7 Å². The van der Waals surface area contributed by atoms with Gasteiger partial charge >= 0.3 is 34.1 Å². The zero-order valence-electron chi connectivity index (χ0n) is 74.9. The van der Waals surface area contributed by atoms with Crippen LogP contribution in [-0.2, 0) is 278 Å². The number of hydrogen-bond donors (Lipinski definition) is 0. The van der Waals surface area contributed by atoms with Gasteiger partial charge in [-0.1, -0.05) is 96.6 Å². The molecule has 0 unspecified atom stereocenters. The van der Waals surface area contributed by atoms with Crippen molar-refractivity contribution in [2.24, 2.45) is 42.3 Å². The van der Waals surface area contributed by atoms with Crippen molar-refractivity contribution in [3.8, 4) is 68.8 Å². The number of aryl methyl sites for hydroxylation is 12. The summed E-state index contributed by atoms with van der Waals surface area (Å²) in [5.74, 6) is 1.69. The molecule has 6 radical (unpaired) electrons. The Kier molecular flexibility index (Phi) is 45.3. The molecule has 6 aromatic carbocycles. The predicted octanol–water partition coefficient (Wildman–Crippen LogP) is 3.08. The van der Waals surface area contributed by atoms with Crippen LogP contribution in [0.2, 0.25) is 0 Å². The molecule has 0 aliphatic heterocycles. The number of nitrogens with zero attached hydrogens (tertiary/aromatic N) is 35. The summed E-state index contributed by atoms with van der Waals surface area (Å²) in [6, 6.07) is 42.3. The summed E-state index contributed by atoms with van der Waals surface area (Å²) in [5.41, 5.74) is 12.9. The van der Waals surface area contributed by atoms with E-state index in [9.17, 15) is 28.8 Å². The summed E-state index contributed by atoms with van der Waals surface area (Å²) < 4.78 is 48.2. The van der Waals surface area contributed by atoms with E-state index in [1.54, 1.807) is 115 Å². The van der Waals surface area contributed by atoms with Crippen molar-refractivity contribution in [3.05, 3.63) is 337 Å². The zero-order valence-corrected chi connectivity index (χ0v) is 92.8. The second kappa shape index (κ2) is 54.9. The fraction of sp³-hybridized carbons (Fsp3) is 0.220. The Hall–Kier alpha value is -10.9. The summed E-state index contributed by atoms with van der Waals surface area (Å²) in [7, 11) is 9.31. The number of pyridine rings is 1. The monoisotopic (exact) mass is 2310 g/mol. The van der Waals surface area contributed by atoms with E-state index in [4.69, 9.17) is 28.4 Å². The molecule has 0 saturated heterocycles. The summed E-state index contributed by atoms with van der Waals surface area (Å²) in [6.07, 6.45) is 20.2. The molecule has 54 heteroatoms. The van der Waals surface area contributed by atoms with E-state index < -0.39 is 0 Å². The molecule has 0 saturated carbocycles. The van der Waals surface area contributed by atoms with Gasteiger partial charge in [0.2, 0.25) is 0 Å². The van der Waals surface area contributed by atoms with E-state index in [-0.39, 0.29) is 269 Å². The number of aromatic nitrogens is 35. The third kappa shape index (κ3) is 29.1. The van der Waals surface area contributed by atoms with Gasteiger partial charge in [-0.25, -0.2) is 40.1 Å². The Balaban J connectivity index is 0.000000220. The number of benzene rings is 6. The van der Waals surface area contributed by atoms with Crippen LogP contribution in [-0.4, -0.2) is 169 Å². The first-order valence-corrected chi connectivity index (χ1v) is 39.6. The normalized spacial score (nSPS) is 10.2. The Labute approximate surface area is 927 Å². The van der Waals surface area contributed by atoms with Gasteiger partial charge in [0.15, 0.2) is 11.9 Å². The van der Waals surface area contributed by atoms with E-state index in [2.05, 4.69) is 149 Å². The molecule has 136 heavy (non-hydrogen) atoms. The summed E-state index contributed by atoms with van der Waals surface area (Å²) in [4.78, 5) is 107. The Bertz CT molecular complexity index is 6490. The number of rotatable bonds is 24. The second-order valence-electron chi connectivity index (χ2n) is 27.5. The fourth-order valence-electron chi connectivity index (χ4n) is 11.9. The Morgan fingerprint density at radius 3 is 0.956 bits per heavy atom. The van der Waals surface area contributed by atoms with Gasteiger partial charge in [0, 0.05) is 297 Å². The van der Waals surface area contributed by atoms with Crippen molar-refractivity contribution in [2.45, 2.75) is 81.2 Å². The van der Waals surface area contributed by atoms with Crippen LogP contribution in [0.4, 0.5) is 0 Å². The molecule has 12 aromatic heterocycles. The van der Waals surface area contributed by atoms with Crippen LogP contribution in [0.5, 0.6) is 34.7 Å². The van der Waals surface area contributed by atoms with Gasteiger partial charge in [0.1, 0.15) is 37.5 Å². The van der Waals surface area contributed by atoms with Gasteiger partial charge in [-0.05, 0) is 186 Å². The van der Waals surface area contributed by atoms with Crippen LogP contribution in [0, 0.1) is 72.8 Å². The van der Waals surface area contributed by atoms with Crippen molar-refractivity contribution in [2.75, 3.05) is 0 Å². The molecule has 0 bridgehead atoms. The van der Waals surface area contributed by atoms with Gasteiger partial charge in [-0.15, -0.1) is 18.5 Å². The van der Waals surface area contributed by atoms with Crippen LogP contribution in [0.25, 0.3) is 34.1 Å². The first kappa shape index (κ1) is 112. The quantitative estimate of drug-likeness (QED) is 0.0784. The van der Waals surface area contributed by atoms with E-state index in [0.29, 0.717) is 69.4 Å². The van der Waals surface area contributed by atoms with Crippen molar-refractivity contribution in [1.29, 1.82) is 0 Å². The minimum atomic E-state index is -0.333. The largest absolute Gasteiger partial charge is 0.579 e. The molecule has 682 valence electrons. The summed E-state index contributed by atoms with van der Waals surface area (Å²) >= 11 is 1.37. The number of tetrazole rings is 6. The molecular formula is C82H77N35O12SY6-6. The summed E-state index contributed by atoms with van der Waals surface area (Å²) in [5, 5.41) is 55.4. The molecule has 18 rings (SSSR count). The van der Waals surface area contributed by atoms with E-state index >= 15 is 0 Å². The van der Waals surface area contributed by atoms with Gasteiger partial charge in [-0.3, -0.25) is 4.98 Å². The molecule has 18 aromatic rings. The molecular weight excluding hydrogens is 2230 g/mol. The van der Waals surface area contributed by atoms with Crippen LogP contribution in [0.15, 0.2) is 205 Å². The van der Waals surface area contributed by atoms with Crippen LogP contribution >= 0.6 is 11.3 Å². The maximum atomic E-state index is 12.0. The smallest absolute Gasteiger partial charge is 0.368 e. The first-order valence-electron chi connectivity index (χ1n) is 38.7. The Morgan fingerprint density at radius 1 is 0.331 bits per heavy atom. The zero-order chi connectivity index (χ0) is 91.7. The molecule has 0 amide bonds. The second-order valence-corrected chi connectivity index (χ2v) is 28.3. The average Bonchev–Trinajstić information content (AvgIpc) is 1.63. The third-order valence-electron chi connectivity index (χ3n) is 19.0. The minimum absolute atomic E-state index is 0. The van der Waals surface area contributed by atoms with Crippen molar-refractivity contribution >= 4 is 11.3 Å². The van der Waals surface area contributed by atoms with Gasteiger partial charge in [0.05, 0.1) is 59.1 Å². The fourth-order valence-corrected chi connectivity index (χ4v) is 12.4. The third-order valence-corrected chi connectivity index (χ3v) is 19.6. The van der Waals surface area contributed by atoms with Gasteiger partial charge in [-0.2, -0.15) is 74.5 Å². The SMILES string of the molecule is Cc1cccc(-n2nnn(C)c2=O)c1COc1cc[n-]n1.Cc1cccc(-n2nnn(C)c2=O)c1COc1ccc[c-]n1.Cc1cccc(-n2nnn(C)c2=O)c1COc1ccn[c-]n1.Cc1cccc(-n2nnn(C)c2=O)c1COc1cnc[c-]n1.Cc1cccc(-n2nnn(C)c2=O)c1COc1n[c-]cs1.Cc1cccc(-n2nnn(C)c2=O)c1COc1n[c-]ncn1.[Y].[Y].[Y].[Y].[Y].[Y]. The number of thiazole rings is 1. The molecule has 0 fully saturated rings. The molecule has 0 aliphatic rings. The average molecular weight is 2310 g/mol. The standard InChI is InChI=1S/C15H14N5O2.2C14H13N6O2.C13H12N7O2.C13H13N6O2.C13H12N5O2S.6Y/c1-11-6-5-7-13(20-15(21)19(2)17-18-20)12(11)10-22-14-8-3-4-9-16-14;1-10-4-3-5-12(20-14(21)19(2)17-18-20)11(10)9-22-13-8-15-6-7-16-13;1-10-4-3-5-12(20-14(21)19(2)17-18-20)11(10)8-22-13-6-7-15-9-16-13;1-9-4-3-5-11(20-13(21)19(2)17-18-20)10(9)6-22-12-15-7-14-8-16-12;1-9-4-3-5-11(19-13(20)18(2)16-17-19)10(9)8-21-12-6-7-14-15-12;1-9-4-3-5-11(18-13(19)17(2)15-16-18)10(9)8-20-12-14-6-7-21-12;;;;;;/h3-8H,10H2,1-2H3;3-6,8H,9H2,1-2H3;3-7H,8H2,1-2H3;3-5,7H,6H2,1-2H3;3-7H,8H2,1-2H3;3-5,7H,8H2,1-2H3;;;;;;/q6*-1;;;;;;. The van der Waals surface area contributed by atoms with E-state index in [0.717, 1.165) is 71.4 Å². The Morgan fingerprint density at radius 2 is 0.669 bits per heavy atom. The van der Waals surface area contributed by atoms with E-state index in [1.807, 2.05) is 126 Å². The predicted molar refractivity (Wildman–Crippen MR) is 456 cm³/mol. The maximum Gasteiger partial charge on any atom is 0.368 e. The minimum Gasteiger partial charge on any atom is -0.579 e. The molecule has 0 atom stereocenters. The number of ether oxygens (including phenoxy) is 6. The van der Waals surface area contributed by atoms with Crippen molar-refractivity contribution in [1.82, 2.24) is 174 Å². The molecule has 0 aliphatic carbocycles. The molecule has 0 N–H and O–H groups in total. The number of hydrogen-bond acceptors (Lipinski definition) is 35. The summed E-state index contributed by atoms with van der Waals surface area (Å²) in [6.45, 7) is 13.2. The van der Waals surface area contributed by atoms with Crippen molar-refractivity contribution in [3.63, 3.8) is 0 Å². The van der Waals surface area contributed by atoms with Crippen molar-refractivity contribution < 1.29 is 225 Å². The first-order chi connectivity index (χ1) is 63.0. The molecule has 12 heterocycles. The van der Waals surface area contributed by atoms with E-state index in [1.165, 1.54) is 81.6 Å². The van der Waals surface area contributed by atoms with Gasteiger partial charge in [0.25, 0.3) is 0 Å². The maximum absolute atomic E-state index is 12.0. The topological polar surface area (TPSA) is 515 Å². The molecule has 47 nitrogen and oxygen atoms in total. The van der Waals surface area contributed by atoms with Crippen LogP contribution in [0.3, 0.4) is 0 Å². The van der Waals surface area contributed by atoms with Crippen LogP contribution in [0.1, 0.15) is 66.8 Å².